The molecule has 6 heteroatoms. The molecule has 2 N–H and O–H groups in total. The lowest BCUT2D eigenvalue weighted by Gasteiger charge is -2.31. The van der Waals surface area contributed by atoms with Gasteiger partial charge in [-0.2, -0.15) is 5.10 Å². The van der Waals surface area contributed by atoms with Crippen LogP contribution in [0.25, 0.3) is 10.9 Å². The maximum absolute atomic E-state index is 12.3. The quantitative estimate of drug-likeness (QED) is 0.808. The Kier molecular flexibility index (Phi) is 3.64. The molecule has 26 heavy (non-hydrogen) atoms. The molecular weight excluding hydrogens is 328 g/mol. The number of benzene rings is 1. The first-order valence-corrected chi connectivity index (χ1v) is 9.63. The van der Waals surface area contributed by atoms with Gasteiger partial charge in [0.1, 0.15) is 0 Å². The summed E-state index contributed by atoms with van der Waals surface area (Å²) in [6.45, 7) is 2.23. The van der Waals surface area contributed by atoms with Crippen molar-refractivity contribution in [2.75, 3.05) is 13.1 Å². The lowest BCUT2D eigenvalue weighted by molar-refractivity contribution is -0.134. The minimum atomic E-state index is -0.336. The number of aryl methyl sites for hydroxylation is 1. The molecule has 2 aliphatic heterocycles. The third-order valence-corrected chi connectivity index (χ3v) is 6.60. The van der Waals surface area contributed by atoms with Gasteiger partial charge >= 0.3 is 0 Å². The molecule has 5 rings (SSSR count). The Morgan fingerprint density at radius 1 is 1.12 bits per heavy atom. The minimum absolute atomic E-state index is 0.185. The molecule has 2 saturated heterocycles. The molecule has 0 spiro atoms. The average Bonchev–Trinajstić information content (AvgIpc) is 3.08. The van der Waals surface area contributed by atoms with Gasteiger partial charge < -0.3 is 5.32 Å². The van der Waals surface area contributed by atoms with Gasteiger partial charge in [0, 0.05) is 18.9 Å². The summed E-state index contributed by atoms with van der Waals surface area (Å²) in [5, 5.41) is 11.7. The van der Waals surface area contributed by atoms with Gasteiger partial charge in [0.2, 0.25) is 11.8 Å². The fourth-order valence-corrected chi connectivity index (χ4v) is 5.35. The summed E-state index contributed by atoms with van der Waals surface area (Å²) in [4.78, 5) is 23.7. The van der Waals surface area contributed by atoms with Gasteiger partial charge in [-0.3, -0.25) is 19.6 Å². The van der Waals surface area contributed by atoms with E-state index >= 15 is 0 Å². The number of piperidine rings is 2. The van der Waals surface area contributed by atoms with Gasteiger partial charge in [-0.05, 0) is 61.7 Å². The molecule has 2 aromatic rings. The van der Waals surface area contributed by atoms with Crippen molar-refractivity contribution < 1.29 is 9.59 Å². The first kappa shape index (κ1) is 16.0. The molecule has 3 atom stereocenters. The second kappa shape index (κ2) is 5.91. The number of rotatable bonds is 2. The zero-order valence-corrected chi connectivity index (χ0v) is 15.0. The number of hydrogen-bond donors (Lipinski definition) is 2. The van der Waals surface area contributed by atoms with Crippen molar-refractivity contribution in [3.63, 3.8) is 0 Å². The molecule has 1 aromatic carbocycles. The molecule has 0 radical (unpaired) electrons. The van der Waals surface area contributed by atoms with Crippen molar-refractivity contribution in [3.8, 4) is 0 Å². The minimum Gasteiger partial charge on any atom is -0.316 e. The van der Waals surface area contributed by atoms with Crippen molar-refractivity contribution in [1.82, 2.24) is 20.4 Å². The van der Waals surface area contributed by atoms with Crippen LogP contribution in [0.4, 0.5) is 0 Å². The van der Waals surface area contributed by atoms with Crippen LogP contribution in [0.15, 0.2) is 18.2 Å². The third kappa shape index (κ3) is 2.39. The largest absolute Gasteiger partial charge is 0.316 e. The number of carbonyl (C=O) groups excluding carboxylic acids is 2. The zero-order valence-electron chi connectivity index (χ0n) is 15.0. The van der Waals surface area contributed by atoms with E-state index in [1.165, 1.54) is 18.4 Å². The number of aromatic nitrogens is 2. The van der Waals surface area contributed by atoms with Gasteiger partial charge in [-0.1, -0.05) is 12.1 Å². The van der Waals surface area contributed by atoms with Crippen LogP contribution < -0.4 is 10.6 Å². The molecule has 1 aliphatic carbocycles. The highest BCUT2D eigenvalue weighted by atomic mass is 16.2. The topological polar surface area (TPSA) is 76.0 Å². The maximum Gasteiger partial charge on any atom is 0.235 e. The third-order valence-electron chi connectivity index (χ3n) is 6.60. The summed E-state index contributed by atoms with van der Waals surface area (Å²) in [5.41, 5.74) is 3.29. The van der Waals surface area contributed by atoms with Crippen LogP contribution in [0.5, 0.6) is 0 Å². The summed E-state index contributed by atoms with van der Waals surface area (Å²) >= 11 is 0. The number of amides is 2. The predicted molar refractivity (Wildman–Crippen MR) is 97.7 cm³/mol. The Morgan fingerprint density at radius 2 is 1.88 bits per heavy atom. The summed E-state index contributed by atoms with van der Waals surface area (Å²) in [6.07, 6.45) is 3.54. The predicted octanol–water partition coefficient (Wildman–Crippen LogP) is 1.81. The van der Waals surface area contributed by atoms with Gasteiger partial charge in [-0.25, -0.2) is 0 Å². The lowest BCUT2D eigenvalue weighted by Crippen LogP contribution is -2.39. The Hall–Kier alpha value is -2.21. The SMILES string of the molecule is Cn1nc(C2CCC(=O)NC2=O)c2ccc(C3C4CCC3CNC4)cc21. The van der Waals surface area contributed by atoms with E-state index in [0.717, 1.165) is 41.5 Å². The number of carbonyl (C=O) groups is 2. The molecule has 3 heterocycles. The van der Waals surface area contributed by atoms with Crippen molar-refractivity contribution in [3.05, 3.63) is 29.5 Å². The molecule has 6 nitrogen and oxygen atoms in total. The Labute approximate surface area is 152 Å². The van der Waals surface area contributed by atoms with Crippen LogP contribution in [-0.2, 0) is 16.6 Å². The van der Waals surface area contributed by atoms with E-state index in [4.69, 9.17) is 0 Å². The fraction of sp³-hybridized carbons (Fsp3) is 0.550. The molecule has 3 unspecified atom stereocenters. The van der Waals surface area contributed by atoms with E-state index < -0.39 is 0 Å². The highest BCUT2D eigenvalue weighted by molar-refractivity contribution is 6.02. The first-order valence-electron chi connectivity index (χ1n) is 9.63. The van der Waals surface area contributed by atoms with Crippen molar-refractivity contribution in [2.45, 2.75) is 37.5 Å². The molecule has 1 aromatic heterocycles. The van der Waals surface area contributed by atoms with Gasteiger partial charge in [-0.15, -0.1) is 0 Å². The maximum atomic E-state index is 12.3. The lowest BCUT2D eigenvalue weighted by atomic mass is 9.80. The van der Waals surface area contributed by atoms with E-state index in [-0.39, 0.29) is 17.7 Å². The van der Waals surface area contributed by atoms with Gasteiger partial charge in [0.15, 0.2) is 0 Å². The molecule has 3 fully saturated rings. The van der Waals surface area contributed by atoms with Crippen molar-refractivity contribution >= 4 is 22.7 Å². The molecule has 136 valence electrons. The van der Waals surface area contributed by atoms with Crippen molar-refractivity contribution in [2.24, 2.45) is 18.9 Å². The number of nitrogens with zero attached hydrogens (tertiary/aromatic N) is 2. The summed E-state index contributed by atoms with van der Waals surface area (Å²) in [6, 6.07) is 6.65. The summed E-state index contributed by atoms with van der Waals surface area (Å²) in [7, 11) is 1.94. The Balaban J connectivity index is 1.53. The monoisotopic (exact) mass is 352 g/mol. The molecule has 2 amide bonds. The van der Waals surface area contributed by atoms with E-state index in [0.29, 0.717) is 18.8 Å². The number of hydrogen-bond acceptors (Lipinski definition) is 4. The highest BCUT2D eigenvalue weighted by Crippen LogP contribution is 2.46. The molecule has 1 saturated carbocycles. The van der Waals surface area contributed by atoms with Crippen LogP contribution in [-0.4, -0.2) is 34.7 Å². The molecule has 2 bridgehead atoms. The Bertz CT molecular complexity index is 887. The normalized spacial score (nSPS) is 31.4. The van der Waals surface area contributed by atoms with E-state index in [2.05, 4.69) is 33.9 Å². The van der Waals surface area contributed by atoms with E-state index in [1.54, 1.807) is 0 Å². The smallest absolute Gasteiger partial charge is 0.235 e. The van der Waals surface area contributed by atoms with Crippen LogP contribution in [0.2, 0.25) is 0 Å². The highest BCUT2D eigenvalue weighted by Gasteiger charge is 2.40. The van der Waals surface area contributed by atoms with Crippen LogP contribution in [0.3, 0.4) is 0 Å². The van der Waals surface area contributed by atoms with Crippen LogP contribution in [0.1, 0.15) is 48.8 Å². The second-order valence-electron chi connectivity index (χ2n) is 8.07. The molecular formula is C20H24N4O2. The van der Waals surface area contributed by atoms with Crippen molar-refractivity contribution in [1.29, 1.82) is 0 Å². The Morgan fingerprint density at radius 3 is 2.62 bits per heavy atom. The number of nitrogens with one attached hydrogen (secondary N) is 2. The average molecular weight is 352 g/mol. The first-order chi connectivity index (χ1) is 12.6. The van der Waals surface area contributed by atoms with E-state index in [1.807, 2.05) is 11.7 Å². The number of imide groups is 1. The second-order valence-corrected chi connectivity index (χ2v) is 8.07. The molecule has 3 aliphatic rings. The van der Waals surface area contributed by atoms with E-state index in [9.17, 15) is 9.59 Å². The summed E-state index contributed by atoms with van der Waals surface area (Å²) in [5.74, 6) is 1.35. The van der Waals surface area contributed by atoms with Gasteiger partial charge in [0.25, 0.3) is 0 Å². The number of fused-ring (bicyclic) bond motifs is 3. The fourth-order valence-electron chi connectivity index (χ4n) is 5.35. The van der Waals surface area contributed by atoms with Gasteiger partial charge in [0.05, 0.1) is 17.1 Å². The van der Waals surface area contributed by atoms with Crippen LogP contribution in [0, 0.1) is 11.8 Å². The van der Waals surface area contributed by atoms with Crippen LogP contribution >= 0.6 is 0 Å². The summed E-state index contributed by atoms with van der Waals surface area (Å²) < 4.78 is 1.89. The zero-order chi connectivity index (χ0) is 17.8. The standard InChI is InChI=1S/C20H24N4O2/c1-24-16-8-11(18-12-2-3-13(18)10-21-9-12)4-5-14(16)19(23-24)15-6-7-17(25)22-20(15)26/h4-5,8,12-13,15,18,21H,2-3,6-7,9-10H2,1H3,(H,22,25,26).